The molecular weight excluding hydrogens is 328 g/mol. The van der Waals surface area contributed by atoms with Gasteiger partial charge >= 0.3 is 0 Å². The first kappa shape index (κ1) is 16.3. The first-order valence-electron chi connectivity index (χ1n) is 6.30. The first-order chi connectivity index (χ1) is 10.5. The van der Waals surface area contributed by atoms with Gasteiger partial charge in [-0.3, -0.25) is 14.9 Å². The zero-order valence-corrected chi connectivity index (χ0v) is 13.3. The lowest BCUT2D eigenvalue weighted by Crippen LogP contribution is -2.30. The molecule has 2 aromatic rings. The average molecular weight is 341 g/mol. The molecule has 0 saturated heterocycles. The van der Waals surface area contributed by atoms with Gasteiger partial charge in [0.25, 0.3) is 11.6 Å². The van der Waals surface area contributed by atoms with Crippen molar-refractivity contribution in [2.45, 2.75) is 6.54 Å². The zero-order valence-electron chi connectivity index (χ0n) is 11.7. The van der Waals surface area contributed by atoms with Gasteiger partial charge in [0.2, 0.25) is 0 Å². The molecule has 0 aliphatic carbocycles. The van der Waals surface area contributed by atoms with Gasteiger partial charge in [-0.2, -0.15) is 0 Å². The molecule has 0 N–H and O–H groups in total. The number of benzene rings is 1. The van der Waals surface area contributed by atoms with E-state index in [1.165, 1.54) is 18.2 Å². The highest BCUT2D eigenvalue weighted by Gasteiger charge is 2.14. The molecule has 0 fully saturated rings. The van der Waals surface area contributed by atoms with E-state index in [4.69, 9.17) is 16.3 Å². The van der Waals surface area contributed by atoms with Crippen LogP contribution in [0.2, 0.25) is 5.02 Å². The Labute approximate surface area is 136 Å². The number of carbonyl (C=O) groups is 1. The molecule has 6 nitrogen and oxygen atoms in total. The van der Waals surface area contributed by atoms with Crippen molar-refractivity contribution in [1.82, 2.24) is 4.90 Å². The van der Waals surface area contributed by atoms with E-state index in [-0.39, 0.29) is 29.0 Å². The summed E-state index contributed by atoms with van der Waals surface area (Å²) in [6.45, 7) is 0.327. The summed E-state index contributed by atoms with van der Waals surface area (Å²) >= 11 is 7.47. The number of likely N-dealkylation sites (N-methyl/N-ethyl adjacent to an activating group) is 1. The second-order valence-electron chi connectivity index (χ2n) is 4.49. The van der Waals surface area contributed by atoms with E-state index in [9.17, 15) is 14.9 Å². The Hall–Kier alpha value is -2.12. The molecule has 0 radical (unpaired) electrons. The molecule has 1 heterocycles. The Morgan fingerprint density at radius 3 is 2.82 bits per heavy atom. The number of nitro benzene ring substituents is 1. The summed E-state index contributed by atoms with van der Waals surface area (Å²) in [5.74, 6) is 0.0351. The number of carbonyl (C=O) groups excluding carboxylic acids is 1. The van der Waals surface area contributed by atoms with Gasteiger partial charge in [-0.25, -0.2) is 0 Å². The SMILES string of the molecule is CN(Cc1cccs1)C(=O)COc1ccc([N+](=O)[O-])cc1Cl. The number of thiophene rings is 1. The summed E-state index contributed by atoms with van der Waals surface area (Å²) in [5, 5.41) is 12.7. The Kier molecular flexibility index (Phi) is 5.35. The lowest BCUT2D eigenvalue weighted by molar-refractivity contribution is -0.384. The number of non-ortho nitro benzene ring substituents is 1. The van der Waals surface area contributed by atoms with E-state index in [0.29, 0.717) is 6.54 Å². The number of ether oxygens (including phenoxy) is 1. The van der Waals surface area contributed by atoms with Gasteiger partial charge in [0, 0.05) is 24.1 Å². The first-order valence-corrected chi connectivity index (χ1v) is 7.56. The van der Waals surface area contributed by atoms with E-state index in [1.807, 2.05) is 17.5 Å². The summed E-state index contributed by atoms with van der Waals surface area (Å²) in [6, 6.07) is 7.72. The third kappa shape index (κ3) is 4.19. The van der Waals surface area contributed by atoms with Crippen LogP contribution in [0.15, 0.2) is 35.7 Å². The molecule has 8 heteroatoms. The minimum absolute atomic E-state index is 0.0999. The average Bonchev–Trinajstić information content (AvgIpc) is 2.98. The highest BCUT2D eigenvalue weighted by molar-refractivity contribution is 7.09. The Balaban J connectivity index is 1.92. The zero-order chi connectivity index (χ0) is 16.1. The monoisotopic (exact) mass is 340 g/mol. The molecule has 0 atom stereocenters. The fourth-order valence-electron chi connectivity index (χ4n) is 1.69. The number of amides is 1. The Morgan fingerprint density at radius 1 is 1.45 bits per heavy atom. The Bertz CT molecular complexity index is 675. The molecule has 0 aliphatic rings. The van der Waals surface area contributed by atoms with Gasteiger partial charge in [0.15, 0.2) is 6.61 Å². The van der Waals surface area contributed by atoms with Crippen LogP contribution in [0.5, 0.6) is 5.75 Å². The molecule has 116 valence electrons. The van der Waals surface area contributed by atoms with Crippen molar-refractivity contribution in [1.29, 1.82) is 0 Å². The Morgan fingerprint density at radius 2 is 2.23 bits per heavy atom. The topological polar surface area (TPSA) is 72.7 Å². The van der Waals surface area contributed by atoms with Crippen molar-refractivity contribution in [3.05, 3.63) is 55.7 Å². The second kappa shape index (κ2) is 7.24. The maximum atomic E-state index is 12.0. The van der Waals surface area contributed by atoms with Crippen LogP contribution >= 0.6 is 22.9 Å². The maximum absolute atomic E-state index is 12.0. The predicted molar refractivity (Wildman–Crippen MR) is 84.4 cm³/mol. The van der Waals surface area contributed by atoms with Gasteiger partial charge < -0.3 is 9.64 Å². The lowest BCUT2D eigenvalue weighted by atomic mass is 10.3. The van der Waals surface area contributed by atoms with Crippen LogP contribution < -0.4 is 4.74 Å². The standard InChI is InChI=1S/C14H13ClN2O4S/c1-16(8-11-3-2-6-22-11)14(18)9-21-13-5-4-10(17(19)20)7-12(13)15/h2-7H,8-9H2,1H3. The largest absolute Gasteiger partial charge is 0.482 e. The molecule has 0 spiro atoms. The van der Waals surface area contributed by atoms with Crippen molar-refractivity contribution in [3.8, 4) is 5.75 Å². The number of hydrogen-bond donors (Lipinski definition) is 0. The smallest absolute Gasteiger partial charge is 0.271 e. The molecule has 1 aromatic heterocycles. The molecule has 0 saturated carbocycles. The van der Waals surface area contributed by atoms with Crippen molar-refractivity contribution < 1.29 is 14.5 Å². The van der Waals surface area contributed by atoms with E-state index >= 15 is 0 Å². The third-order valence-corrected chi connectivity index (χ3v) is 4.03. The van der Waals surface area contributed by atoms with Gasteiger partial charge in [0.05, 0.1) is 16.5 Å². The molecule has 1 amide bonds. The highest BCUT2D eigenvalue weighted by Crippen LogP contribution is 2.28. The molecule has 22 heavy (non-hydrogen) atoms. The summed E-state index contributed by atoms with van der Waals surface area (Å²) in [7, 11) is 1.68. The van der Waals surface area contributed by atoms with E-state index in [0.717, 1.165) is 4.88 Å². The van der Waals surface area contributed by atoms with E-state index < -0.39 is 4.92 Å². The van der Waals surface area contributed by atoms with Crippen LogP contribution in [0.4, 0.5) is 5.69 Å². The highest BCUT2D eigenvalue weighted by atomic mass is 35.5. The second-order valence-corrected chi connectivity index (χ2v) is 5.93. The molecule has 0 aliphatic heterocycles. The maximum Gasteiger partial charge on any atom is 0.271 e. The molecular formula is C14H13ClN2O4S. The van der Waals surface area contributed by atoms with Crippen LogP contribution in [0.3, 0.4) is 0 Å². The van der Waals surface area contributed by atoms with Gasteiger partial charge in [0.1, 0.15) is 5.75 Å². The van der Waals surface area contributed by atoms with Crippen LogP contribution in [0, 0.1) is 10.1 Å². The van der Waals surface area contributed by atoms with Crippen LogP contribution in [0.1, 0.15) is 4.88 Å². The van der Waals surface area contributed by atoms with Gasteiger partial charge in [-0.05, 0) is 17.5 Å². The minimum atomic E-state index is -0.546. The van der Waals surface area contributed by atoms with Crippen LogP contribution in [-0.2, 0) is 11.3 Å². The van der Waals surface area contributed by atoms with E-state index in [1.54, 1.807) is 23.3 Å². The number of nitro groups is 1. The molecule has 0 unspecified atom stereocenters. The van der Waals surface area contributed by atoms with Crippen LogP contribution in [0.25, 0.3) is 0 Å². The summed E-state index contributed by atoms with van der Waals surface area (Å²) in [5.41, 5.74) is -0.126. The van der Waals surface area contributed by atoms with Crippen molar-refractivity contribution in [2.24, 2.45) is 0 Å². The summed E-state index contributed by atoms with van der Waals surface area (Å²) in [6.07, 6.45) is 0. The predicted octanol–water partition coefficient (Wildman–Crippen LogP) is 3.35. The molecule has 0 bridgehead atoms. The third-order valence-electron chi connectivity index (χ3n) is 2.88. The number of rotatable bonds is 6. The molecule has 2 rings (SSSR count). The van der Waals surface area contributed by atoms with Crippen molar-refractivity contribution in [2.75, 3.05) is 13.7 Å². The quantitative estimate of drug-likeness (QED) is 0.597. The minimum Gasteiger partial charge on any atom is -0.482 e. The number of nitrogens with zero attached hydrogens (tertiary/aromatic N) is 2. The number of hydrogen-bond acceptors (Lipinski definition) is 5. The van der Waals surface area contributed by atoms with E-state index in [2.05, 4.69) is 0 Å². The van der Waals surface area contributed by atoms with Crippen molar-refractivity contribution in [3.63, 3.8) is 0 Å². The van der Waals surface area contributed by atoms with Crippen LogP contribution in [-0.4, -0.2) is 29.4 Å². The van der Waals surface area contributed by atoms with Crippen molar-refractivity contribution >= 4 is 34.5 Å². The fourth-order valence-corrected chi connectivity index (χ4v) is 2.68. The lowest BCUT2D eigenvalue weighted by Gasteiger charge is -2.16. The van der Waals surface area contributed by atoms with Gasteiger partial charge in [-0.1, -0.05) is 17.7 Å². The molecule has 1 aromatic carbocycles. The van der Waals surface area contributed by atoms with Gasteiger partial charge in [-0.15, -0.1) is 11.3 Å². The number of halogens is 1. The summed E-state index contributed by atoms with van der Waals surface area (Å²) < 4.78 is 5.33. The summed E-state index contributed by atoms with van der Waals surface area (Å²) in [4.78, 5) is 24.7. The normalized spacial score (nSPS) is 10.3. The fraction of sp³-hybridized carbons (Fsp3) is 0.214.